The van der Waals surface area contributed by atoms with E-state index < -0.39 is 10.0 Å². The summed E-state index contributed by atoms with van der Waals surface area (Å²) in [6.07, 6.45) is 2.36. The van der Waals surface area contributed by atoms with Crippen molar-refractivity contribution in [2.75, 3.05) is 30.6 Å². The van der Waals surface area contributed by atoms with E-state index in [0.29, 0.717) is 23.1 Å². The molecule has 1 aromatic carbocycles. The van der Waals surface area contributed by atoms with E-state index in [-0.39, 0.29) is 11.9 Å². The zero-order valence-electron chi connectivity index (χ0n) is 16.4. The van der Waals surface area contributed by atoms with E-state index in [1.807, 2.05) is 6.92 Å². The molecule has 1 aliphatic heterocycles. The highest BCUT2D eigenvalue weighted by Gasteiger charge is 2.23. The first-order valence-corrected chi connectivity index (χ1v) is 11.0. The molecule has 1 aliphatic rings. The number of sulfonamides is 1. The zero-order chi connectivity index (χ0) is 19.5. The maximum absolute atomic E-state index is 12.5. The Morgan fingerprint density at radius 1 is 1.27 bits per heavy atom. The fourth-order valence-corrected chi connectivity index (χ4v) is 4.37. The summed E-state index contributed by atoms with van der Waals surface area (Å²) in [7, 11) is -3.38. The Kier molecular flexibility index (Phi) is 6.69. The van der Waals surface area contributed by atoms with Crippen LogP contribution in [0.5, 0.6) is 0 Å². The molecule has 3 atom stereocenters. The Morgan fingerprint density at radius 2 is 1.88 bits per heavy atom. The Bertz CT molecular complexity index is 738. The molecule has 1 heterocycles. The summed E-state index contributed by atoms with van der Waals surface area (Å²) >= 11 is 0. The SMILES string of the molecule is Cc1ccc(C(=O)N[C@H](C)CN2C[C@H](C)C[C@@H](C)C2)cc1NS(C)(=O)=O. The molecule has 0 bridgehead atoms. The average molecular weight is 382 g/mol. The van der Waals surface area contributed by atoms with E-state index in [2.05, 4.69) is 28.8 Å². The fraction of sp³-hybridized carbons (Fsp3) is 0.632. The van der Waals surface area contributed by atoms with Gasteiger partial charge in [0.1, 0.15) is 0 Å². The molecule has 0 saturated carbocycles. The normalized spacial score (nSPS) is 22.7. The Morgan fingerprint density at radius 3 is 2.46 bits per heavy atom. The molecule has 1 amide bonds. The molecular weight excluding hydrogens is 350 g/mol. The zero-order valence-corrected chi connectivity index (χ0v) is 17.2. The van der Waals surface area contributed by atoms with E-state index in [1.165, 1.54) is 6.42 Å². The van der Waals surface area contributed by atoms with Gasteiger partial charge in [-0.2, -0.15) is 0 Å². The molecule has 0 aromatic heterocycles. The molecule has 6 nitrogen and oxygen atoms in total. The van der Waals surface area contributed by atoms with Gasteiger partial charge in [0.2, 0.25) is 10.0 Å². The van der Waals surface area contributed by atoms with Crippen LogP contribution in [0.3, 0.4) is 0 Å². The smallest absolute Gasteiger partial charge is 0.251 e. The van der Waals surface area contributed by atoms with E-state index in [1.54, 1.807) is 25.1 Å². The number of amides is 1. The van der Waals surface area contributed by atoms with Crippen molar-refractivity contribution in [1.29, 1.82) is 0 Å². The molecule has 2 rings (SSSR count). The van der Waals surface area contributed by atoms with Gasteiger partial charge in [0.25, 0.3) is 5.91 Å². The number of rotatable bonds is 6. The van der Waals surface area contributed by atoms with Crippen molar-refractivity contribution in [3.8, 4) is 0 Å². The molecule has 0 radical (unpaired) electrons. The minimum Gasteiger partial charge on any atom is -0.348 e. The fourth-order valence-electron chi connectivity index (χ4n) is 3.75. The summed E-state index contributed by atoms with van der Waals surface area (Å²) in [5.41, 5.74) is 1.66. The van der Waals surface area contributed by atoms with E-state index in [0.717, 1.165) is 31.5 Å². The van der Waals surface area contributed by atoms with Gasteiger partial charge in [0, 0.05) is 31.2 Å². The second kappa shape index (κ2) is 8.39. The molecule has 146 valence electrons. The van der Waals surface area contributed by atoms with Gasteiger partial charge >= 0.3 is 0 Å². The highest BCUT2D eigenvalue weighted by atomic mass is 32.2. The van der Waals surface area contributed by atoms with Gasteiger partial charge in [-0.3, -0.25) is 9.52 Å². The first kappa shape index (κ1) is 20.7. The van der Waals surface area contributed by atoms with Crippen molar-refractivity contribution in [3.05, 3.63) is 29.3 Å². The predicted molar refractivity (Wildman–Crippen MR) is 106 cm³/mol. The molecule has 7 heteroatoms. The van der Waals surface area contributed by atoms with Crippen LogP contribution in [0.2, 0.25) is 0 Å². The Balaban J connectivity index is 1.99. The summed E-state index contributed by atoms with van der Waals surface area (Å²) in [5, 5.41) is 3.02. The quantitative estimate of drug-likeness (QED) is 0.793. The Hall–Kier alpha value is -1.60. The van der Waals surface area contributed by atoms with E-state index >= 15 is 0 Å². The highest BCUT2D eigenvalue weighted by Crippen LogP contribution is 2.21. The molecule has 1 aromatic rings. The number of likely N-dealkylation sites (tertiary alicyclic amines) is 1. The van der Waals surface area contributed by atoms with Crippen LogP contribution in [-0.2, 0) is 10.0 Å². The summed E-state index contributed by atoms with van der Waals surface area (Å²) in [5.74, 6) is 1.18. The third-order valence-electron chi connectivity index (χ3n) is 4.65. The lowest BCUT2D eigenvalue weighted by atomic mass is 9.92. The molecule has 1 fully saturated rings. The lowest BCUT2D eigenvalue weighted by Crippen LogP contribution is -2.47. The first-order valence-electron chi connectivity index (χ1n) is 9.15. The summed E-state index contributed by atoms with van der Waals surface area (Å²) in [4.78, 5) is 15.0. The summed E-state index contributed by atoms with van der Waals surface area (Å²) < 4.78 is 25.4. The number of hydrogen-bond donors (Lipinski definition) is 2. The molecular formula is C19H31N3O3S. The van der Waals surface area contributed by atoms with Crippen molar-refractivity contribution >= 4 is 21.6 Å². The van der Waals surface area contributed by atoms with Crippen LogP contribution < -0.4 is 10.0 Å². The largest absolute Gasteiger partial charge is 0.348 e. The van der Waals surface area contributed by atoms with Gasteiger partial charge in [-0.25, -0.2) is 8.42 Å². The number of carbonyl (C=O) groups is 1. The summed E-state index contributed by atoms with van der Waals surface area (Å²) in [6.45, 7) is 11.3. The van der Waals surface area contributed by atoms with E-state index in [9.17, 15) is 13.2 Å². The van der Waals surface area contributed by atoms with Gasteiger partial charge in [-0.1, -0.05) is 19.9 Å². The highest BCUT2D eigenvalue weighted by molar-refractivity contribution is 7.92. The molecule has 26 heavy (non-hydrogen) atoms. The van der Waals surface area contributed by atoms with E-state index in [4.69, 9.17) is 0 Å². The van der Waals surface area contributed by atoms with Gasteiger partial charge in [0.05, 0.1) is 11.9 Å². The molecule has 1 saturated heterocycles. The number of nitrogens with one attached hydrogen (secondary N) is 2. The third kappa shape index (κ3) is 6.29. The minimum absolute atomic E-state index is 0.0209. The van der Waals surface area contributed by atoms with Crippen LogP contribution in [0.25, 0.3) is 0 Å². The van der Waals surface area contributed by atoms with Crippen molar-refractivity contribution in [2.24, 2.45) is 11.8 Å². The lowest BCUT2D eigenvalue weighted by Gasteiger charge is -2.36. The van der Waals surface area contributed by atoms with Crippen LogP contribution >= 0.6 is 0 Å². The maximum atomic E-state index is 12.5. The topological polar surface area (TPSA) is 78.5 Å². The second-order valence-corrected chi connectivity index (χ2v) is 9.69. The molecule has 0 unspecified atom stereocenters. The van der Waals surface area contributed by atoms with Crippen LogP contribution in [-0.4, -0.2) is 51.2 Å². The number of carbonyl (C=O) groups excluding carboxylic acids is 1. The van der Waals surface area contributed by atoms with Gasteiger partial charge in [0.15, 0.2) is 0 Å². The number of hydrogen-bond acceptors (Lipinski definition) is 4. The Labute approximate surface area is 157 Å². The van der Waals surface area contributed by atoms with Gasteiger partial charge in [-0.05, 0) is 49.8 Å². The minimum atomic E-state index is -3.38. The summed E-state index contributed by atoms with van der Waals surface area (Å²) in [6, 6.07) is 5.08. The van der Waals surface area contributed by atoms with Gasteiger partial charge < -0.3 is 10.2 Å². The third-order valence-corrected chi connectivity index (χ3v) is 5.24. The van der Waals surface area contributed by atoms with Crippen molar-refractivity contribution in [3.63, 3.8) is 0 Å². The monoisotopic (exact) mass is 381 g/mol. The number of piperidine rings is 1. The maximum Gasteiger partial charge on any atom is 0.251 e. The van der Waals surface area contributed by atoms with Gasteiger partial charge in [-0.15, -0.1) is 0 Å². The van der Waals surface area contributed by atoms with Crippen molar-refractivity contribution < 1.29 is 13.2 Å². The molecule has 2 N–H and O–H groups in total. The number of aryl methyl sites for hydroxylation is 1. The first-order chi connectivity index (χ1) is 12.0. The molecule has 0 spiro atoms. The van der Waals surface area contributed by atoms with Crippen LogP contribution in [0.4, 0.5) is 5.69 Å². The van der Waals surface area contributed by atoms with Crippen LogP contribution in [0.1, 0.15) is 43.1 Å². The standard InChI is InChI=1S/C19H31N3O3S/c1-13-8-14(2)11-22(10-13)12-16(4)20-19(23)17-7-6-15(3)18(9-17)21-26(5,24)25/h6-7,9,13-14,16,21H,8,10-12H2,1-5H3,(H,20,23)/t13-,14-,16-/m1/s1. The number of benzene rings is 1. The van der Waals surface area contributed by atoms with Crippen molar-refractivity contribution in [2.45, 2.75) is 40.2 Å². The number of anilines is 1. The second-order valence-electron chi connectivity index (χ2n) is 7.94. The predicted octanol–water partition coefficient (Wildman–Crippen LogP) is 2.46. The number of nitrogens with zero attached hydrogens (tertiary/aromatic N) is 1. The van der Waals surface area contributed by atoms with Crippen LogP contribution in [0.15, 0.2) is 18.2 Å². The average Bonchev–Trinajstić information content (AvgIpc) is 2.46. The van der Waals surface area contributed by atoms with Crippen molar-refractivity contribution in [1.82, 2.24) is 10.2 Å². The van der Waals surface area contributed by atoms with Crippen LogP contribution in [0, 0.1) is 18.8 Å². The lowest BCUT2D eigenvalue weighted by molar-refractivity contribution is 0.0905. The molecule has 0 aliphatic carbocycles.